The molecule has 130 valence electrons. The van der Waals surface area contributed by atoms with Crippen molar-refractivity contribution in [2.75, 3.05) is 0 Å². The summed E-state index contributed by atoms with van der Waals surface area (Å²) in [6, 6.07) is 5.35. The van der Waals surface area contributed by atoms with Crippen LogP contribution in [0.4, 0.5) is 0 Å². The molecule has 1 unspecified atom stereocenters. The zero-order valence-corrected chi connectivity index (χ0v) is 15.7. The lowest BCUT2D eigenvalue weighted by atomic mass is 10.00. The summed E-state index contributed by atoms with van der Waals surface area (Å²) < 4.78 is 1.87. The number of aromatic nitrogens is 2. The van der Waals surface area contributed by atoms with Gasteiger partial charge in [0.1, 0.15) is 0 Å². The smallest absolute Gasteiger partial charge is 0.305 e. The van der Waals surface area contributed by atoms with E-state index in [4.69, 9.17) is 28.3 Å². The summed E-state index contributed by atoms with van der Waals surface area (Å²) in [6.45, 7) is 6.01. The molecule has 0 spiro atoms. The van der Waals surface area contributed by atoms with Crippen LogP contribution in [0.3, 0.4) is 0 Å². The van der Waals surface area contributed by atoms with E-state index in [-0.39, 0.29) is 12.5 Å². The Hall–Kier alpha value is -1.52. The van der Waals surface area contributed by atoms with Gasteiger partial charge in [-0.1, -0.05) is 37.0 Å². The summed E-state index contributed by atoms with van der Waals surface area (Å²) >= 11 is 12.2. The number of carboxylic acid groups (broad SMARTS) is 1. The summed E-state index contributed by atoms with van der Waals surface area (Å²) in [6.07, 6.45) is 2.33. The van der Waals surface area contributed by atoms with E-state index in [1.54, 1.807) is 6.07 Å². The molecule has 0 fully saturated rings. The molecule has 1 atom stereocenters. The number of carboxylic acids is 1. The molecule has 0 radical (unpaired) electrons. The van der Waals surface area contributed by atoms with E-state index < -0.39 is 5.97 Å². The zero-order valence-electron chi connectivity index (χ0n) is 14.1. The number of rotatable bonds is 7. The maximum absolute atomic E-state index is 11.0. The van der Waals surface area contributed by atoms with E-state index >= 15 is 0 Å². The molecule has 0 bridgehead atoms. The molecule has 0 aliphatic rings. The third kappa shape index (κ3) is 4.31. The Balaban J connectivity index is 2.44. The maximum atomic E-state index is 11.0. The fourth-order valence-electron chi connectivity index (χ4n) is 3.04. The van der Waals surface area contributed by atoms with Crippen molar-refractivity contribution in [1.82, 2.24) is 9.78 Å². The number of halogens is 2. The van der Waals surface area contributed by atoms with Crippen molar-refractivity contribution in [3.05, 3.63) is 50.8 Å². The van der Waals surface area contributed by atoms with Gasteiger partial charge in [-0.25, -0.2) is 0 Å². The molecular formula is C18H22Cl2N2O2. The van der Waals surface area contributed by atoms with E-state index in [0.717, 1.165) is 35.4 Å². The second-order valence-corrected chi connectivity index (χ2v) is 6.80. The fraction of sp³-hybridized carbons (Fsp3) is 0.444. The Bertz CT molecular complexity index is 721. The minimum atomic E-state index is -0.818. The average Bonchev–Trinajstić information content (AvgIpc) is 2.83. The summed E-state index contributed by atoms with van der Waals surface area (Å²) in [4.78, 5) is 11.0. The topological polar surface area (TPSA) is 55.1 Å². The van der Waals surface area contributed by atoms with Gasteiger partial charge < -0.3 is 5.11 Å². The van der Waals surface area contributed by atoms with Gasteiger partial charge in [-0.05, 0) is 43.5 Å². The standard InChI is InChI=1S/C18H22Cl2N2O2/c1-4-16-15(9-12-7-13(19)10-14(20)8-12)17(5-2)22(21-16)11(3)6-18(23)24/h7-8,10-11H,4-6,9H2,1-3H3,(H,23,24). The van der Waals surface area contributed by atoms with Crippen molar-refractivity contribution in [2.45, 2.75) is 52.5 Å². The van der Waals surface area contributed by atoms with Crippen molar-refractivity contribution >= 4 is 29.2 Å². The van der Waals surface area contributed by atoms with Crippen molar-refractivity contribution in [3.8, 4) is 0 Å². The van der Waals surface area contributed by atoms with Crippen LogP contribution in [-0.2, 0) is 24.1 Å². The Morgan fingerprint density at radius 1 is 1.21 bits per heavy atom. The first-order valence-corrected chi connectivity index (χ1v) is 8.87. The highest BCUT2D eigenvalue weighted by molar-refractivity contribution is 6.34. The van der Waals surface area contributed by atoms with Crippen molar-refractivity contribution in [3.63, 3.8) is 0 Å². The van der Waals surface area contributed by atoms with E-state index in [0.29, 0.717) is 16.5 Å². The van der Waals surface area contributed by atoms with Crippen molar-refractivity contribution < 1.29 is 9.90 Å². The van der Waals surface area contributed by atoms with Crippen LogP contribution in [0, 0.1) is 0 Å². The lowest BCUT2D eigenvalue weighted by molar-refractivity contribution is -0.137. The monoisotopic (exact) mass is 368 g/mol. The molecule has 0 saturated heterocycles. The SMILES string of the molecule is CCc1nn(C(C)CC(=O)O)c(CC)c1Cc1cc(Cl)cc(Cl)c1. The molecule has 0 aliphatic carbocycles. The highest BCUT2D eigenvalue weighted by atomic mass is 35.5. The van der Waals surface area contributed by atoms with Crippen LogP contribution in [-0.4, -0.2) is 20.9 Å². The van der Waals surface area contributed by atoms with Gasteiger partial charge in [0.05, 0.1) is 18.2 Å². The van der Waals surface area contributed by atoms with Crippen LogP contribution in [0.2, 0.25) is 10.0 Å². The summed E-state index contributed by atoms with van der Waals surface area (Å²) in [5, 5.41) is 15.0. The summed E-state index contributed by atoms with van der Waals surface area (Å²) in [5.41, 5.74) is 4.26. The molecule has 24 heavy (non-hydrogen) atoms. The minimum Gasteiger partial charge on any atom is -0.481 e. The van der Waals surface area contributed by atoms with Crippen molar-refractivity contribution in [2.24, 2.45) is 0 Å². The third-order valence-electron chi connectivity index (χ3n) is 4.06. The van der Waals surface area contributed by atoms with E-state index in [1.165, 1.54) is 0 Å². The molecule has 2 aromatic rings. The predicted molar refractivity (Wildman–Crippen MR) is 97.2 cm³/mol. The third-order valence-corrected chi connectivity index (χ3v) is 4.50. The Labute approximate surface area is 152 Å². The predicted octanol–water partition coefficient (Wildman–Crippen LogP) is 4.94. The van der Waals surface area contributed by atoms with Gasteiger partial charge in [-0.15, -0.1) is 0 Å². The molecule has 4 nitrogen and oxygen atoms in total. The van der Waals surface area contributed by atoms with Crippen molar-refractivity contribution in [1.29, 1.82) is 0 Å². The Kier molecular flexibility index (Phi) is 6.30. The second kappa shape index (κ2) is 8.04. The quantitative estimate of drug-likeness (QED) is 0.752. The maximum Gasteiger partial charge on any atom is 0.305 e. The number of aliphatic carboxylic acids is 1. The first-order valence-electron chi connectivity index (χ1n) is 8.11. The molecule has 0 aliphatic heterocycles. The van der Waals surface area contributed by atoms with E-state index in [1.807, 2.05) is 23.7 Å². The summed E-state index contributed by atoms with van der Waals surface area (Å²) in [7, 11) is 0. The first kappa shape index (κ1) is 18.8. The lowest BCUT2D eigenvalue weighted by Crippen LogP contribution is -2.14. The van der Waals surface area contributed by atoms with Gasteiger partial charge in [-0.2, -0.15) is 5.10 Å². The highest BCUT2D eigenvalue weighted by Gasteiger charge is 2.20. The van der Waals surface area contributed by atoms with Gasteiger partial charge >= 0.3 is 5.97 Å². The highest BCUT2D eigenvalue weighted by Crippen LogP contribution is 2.27. The molecular weight excluding hydrogens is 347 g/mol. The Morgan fingerprint density at radius 3 is 2.33 bits per heavy atom. The second-order valence-electron chi connectivity index (χ2n) is 5.92. The van der Waals surface area contributed by atoms with E-state index in [9.17, 15) is 4.79 Å². The summed E-state index contributed by atoms with van der Waals surface area (Å²) in [5.74, 6) is -0.818. The normalized spacial score (nSPS) is 12.4. The molecule has 0 saturated carbocycles. The molecule has 6 heteroatoms. The van der Waals surface area contributed by atoms with Gasteiger partial charge in [0.2, 0.25) is 0 Å². The van der Waals surface area contributed by atoms with E-state index in [2.05, 4.69) is 18.9 Å². The number of nitrogens with zero attached hydrogens (tertiary/aromatic N) is 2. The number of carbonyl (C=O) groups is 1. The number of hydrogen-bond donors (Lipinski definition) is 1. The van der Waals surface area contributed by atoms with Gasteiger partial charge in [0, 0.05) is 27.7 Å². The van der Waals surface area contributed by atoms with Crippen LogP contribution >= 0.6 is 23.2 Å². The number of hydrogen-bond acceptors (Lipinski definition) is 2. The molecule has 0 amide bonds. The van der Waals surface area contributed by atoms with Gasteiger partial charge in [0.15, 0.2) is 0 Å². The molecule has 1 aromatic heterocycles. The molecule has 1 N–H and O–H groups in total. The van der Waals surface area contributed by atoms with Crippen LogP contribution in [0.5, 0.6) is 0 Å². The lowest BCUT2D eigenvalue weighted by Gasteiger charge is -2.14. The molecule has 1 heterocycles. The molecule has 2 rings (SSSR count). The number of aryl methyl sites for hydroxylation is 1. The van der Waals surface area contributed by atoms with Crippen LogP contribution < -0.4 is 0 Å². The van der Waals surface area contributed by atoms with Crippen LogP contribution in [0.1, 0.15) is 55.7 Å². The first-order chi connectivity index (χ1) is 11.3. The largest absolute Gasteiger partial charge is 0.481 e. The zero-order chi connectivity index (χ0) is 17.9. The Morgan fingerprint density at radius 2 is 1.83 bits per heavy atom. The fourth-order valence-corrected chi connectivity index (χ4v) is 3.61. The van der Waals surface area contributed by atoms with Crippen LogP contribution in [0.25, 0.3) is 0 Å². The van der Waals surface area contributed by atoms with Gasteiger partial charge in [-0.3, -0.25) is 9.48 Å². The average molecular weight is 369 g/mol. The van der Waals surface area contributed by atoms with Gasteiger partial charge in [0.25, 0.3) is 0 Å². The number of benzene rings is 1. The van der Waals surface area contributed by atoms with Crippen LogP contribution in [0.15, 0.2) is 18.2 Å². The molecule has 1 aromatic carbocycles. The minimum absolute atomic E-state index is 0.0558.